The third-order valence-electron chi connectivity index (χ3n) is 10.3. The number of halogens is 1. The third kappa shape index (κ3) is 3.77. The Hall–Kier alpha value is -3.17. The first-order valence-corrected chi connectivity index (χ1v) is 13.7. The van der Waals surface area contributed by atoms with E-state index in [0.717, 1.165) is 0 Å². The molecule has 8 atom stereocenters. The summed E-state index contributed by atoms with van der Waals surface area (Å²) in [6.07, 6.45) is 3.88. The molecule has 0 aromatic heterocycles. The molecule has 214 valence electrons. The predicted octanol–water partition coefficient (Wildman–Crippen LogP) is 3.69. The van der Waals surface area contributed by atoms with E-state index in [2.05, 4.69) is 0 Å². The predicted molar refractivity (Wildman–Crippen MR) is 141 cm³/mol. The number of ketones is 2. The lowest BCUT2D eigenvalue weighted by Gasteiger charge is -2.62. The van der Waals surface area contributed by atoms with Crippen LogP contribution in [0, 0.1) is 28.6 Å². The van der Waals surface area contributed by atoms with Crippen LogP contribution in [-0.2, 0) is 19.1 Å². The monoisotopic (exact) mass is 554 g/mol. The zero-order valence-electron chi connectivity index (χ0n) is 23.1. The van der Waals surface area contributed by atoms with Gasteiger partial charge in [0.25, 0.3) is 0 Å². The summed E-state index contributed by atoms with van der Waals surface area (Å²) < 4.78 is 27.6. The number of hydrogen-bond donors (Lipinski definition) is 2. The maximum Gasteiger partial charge on any atom is 0.342 e. The van der Waals surface area contributed by atoms with Crippen LogP contribution in [0.4, 0.5) is 4.39 Å². The van der Waals surface area contributed by atoms with Crippen molar-refractivity contribution in [2.45, 2.75) is 70.8 Å². The molecule has 8 nitrogen and oxygen atoms in total. The zero-order chi connectivity index (χ0) is 29.3. The molecule has 0 bridgehead atoms. The van der Waals surface area contributed by atoms with E-state index in [9.17, 15) is 29.4 Å². The highest BCUT2D eigenvalue weighted by Crippen LogP contribution is 2.70. The van der Waals surface area contributed by atoms with Crippen LogP contribution in [0.15, 0.2) is 48.1 Å². The van der Waals surface area contributed by atoms with Crippen LogP contribution in [0.25, 0.3) is 0 Å². The molecular formula is C31H35FO8. The van der Waals surface area contributed by atoms with E-state index in [1.54, 1.807) is 39.0 Å². The first-order chi connectivity index (χ1) is 18.7. The Balaban J connectivity index is 1.41. The van der Waals surface area contributed by atoms with Crippen LogP contribution in [0.5, 0.6) is 5.75 Å². The number of aliphatic hydroxyl groups excluding tert-OH is 1. The minimum Gasteiger partial charge on any atom is -0.454 e. The number of allylic oxidation sites excluding steroid dienone is 4. The van der Waals surface area contributed by atoms with Gasteiger partial charge in [0.15, 0.2) is 18.1 Å². The van der Waals surface area contributed by atoms with Gasteiger partial charge in [0.2, 0.25) is 5.78 Å². The largest absolute Gasteiger partial charge is 0.454 e. The molecule has 1 aromatic carbocycles. The average Bonchev–Trinajstić information content (AvgIpc) is 3.09. The Bertz CT molecular complexity index is 1350. The van der Waals surface area contributed by atoms with Gasteiger partial charge in [-0.2, -0.15) is 0 Å². The fourth-order valence-electron chi connectivity index (χ4n) is 8.34. The molecule has 4 aliphatic carbocycles. The molecule has 5 rings (SSSR count). The second kappa shape index (κ2) is 9.45. The molecule has 40 heavy (non-hydrogen) atoms. The average molecular weight is 555 g/mol. The first-order valence-electron chi connectivity index (χ1n) is 13.7. The summed E-state index contributed by atoms with van der Waals surface area (Å²) >= 11 is 0. The minimum absolute atomic E-state index is 0.0141. The van der Waals surface area contributed by atoms with Gasteiger partial charge < -0.3 is 19.7 Å². The number of alkyl halides is 1. The van der Waals surface area contributed by atoms with Gasteiger partial charge in [-0.15, -0.1) is 0 Å². The number of carbonyl (C=O) groups is 4. The Kier molecular flexibility index (Phi) is 6.70. The van der Waals surface area contributed by atoms with Crippen molar-refractivity contribution >= 4 is 23.5 Å². The number of esters is 2. The third-order valence-corrected chi connectivity index (χ3v) is 10.3. The number of benzene rings is 1. The first kappa shape index (κ1) is 28.4. The smallest absolute Gasteiger partial charge is 0.342 e. The van der Waals surface area contributed by atoms with Crippen LogP contribution in [0.1, 0.15) is 63.7 Å². The van der Waals surface area contributed by atoms with Gasteiger partial charge in [-0.05, 0) is 68.7 Å². The Morgan fingerprint density at radius 3 is 2.55 bits per heavy atom. The van der Waals surface area contributed by atoms with Gasteiger partial charge in [-0.25, -0.2) is 9.18 Å². The second-order valence-electron chi connectivity index (χ2n) is 12.3. The van der Waals surface area contributed by atoms with Crippen molar-refractivity contribution in [2.24, 2.45) is 28.6 Å². The van der Waals surface area contributed by atoms with E-state index in [4.69, 9.17) is 9.47 Å². The van der Waals surface area contributed by atoms with Crippen molar-refractivity contribution in [3.8, 4) is 5.75 Å². The van der Waals surface area contributed by atoms with Gasteiger partial charge in [0.1, 0.15) is 16.9 Å². The SMILES string of the molecule is CC(=O)Oc1ccccc1C(=O)OCC(=O)[C@@]1(O)[C@H](C)C[C@H]2[C@@H]3CCC4=CC(=O)C=C[C@]4(C)[C@@]3(F)[C@@H](O)C[C@@]21C. The van der Waals surface area contributed by atoms with E-state index in [1.807, 2.05) is 0 Å². The van der Waals surface area contributed by atoms with Crippen LogP contribution >= 0.6 is 0 Å². The van der Waals surface area contributed by atoms with Crippen LogP contribution in [0.3, 0.4) is 0 Å². The molecule has 9 heteroatoms. The molecule has 4 aliphatic rings. The van der Waals surface area contributed by atoms with Crippen molar-refractivity contribution < 1.29 is 43.3 Å². The fourth-order valence-corrected chi connectivity index (χ4v) is 8.34. The highest BCUT2D eigenvalue weighted by Gasteiger charge is 2.75. The van der Waals surface area contributed by atoms with E-state index in [1.165, 1.54) is 31.2 Å². The summed E-state index contributed by atoms with van der Waals surface area (Å²) in [5.74, 6) is -4.16. The second-order valence-corrected chi connectivity index (χ2v) is 12.3. The molecule has 1 aromatic rings. The molecule has 0 unspecified atom stereocenters. The van der Waals surface area contributed by atoms with Crippen molar-refractivity contribution in [2.75, 3.05) is 6.61 Å². The quantitative estimate of drug-likeness (QED) is 0.417. The Labute approximate surface area is 232 Å². The van der Waals surface area contributed by atoms with Gasteiger partial charge in [-0.1, -0.05) is 37.6 Å². The highest BCUT2D eigenvalue weighted by molar-refractivity contribution is 6.01. The highest BCUT2D eigenvalue weighted by atomic mass is 19.1. The number of ether oxygens (including phenoxy) is 2. The maximum atomic E-state index is 17.3. The number of para-hydroxylation sites is 1. The van der Waals surface area contributed by atoms with Crippen molar-refractivity contribution in [1.82, 2.24) is 0 Å². The molecule has 0 aliphatic heterocycles. The van der Waals surface area contributed by atoms with Crippen LogP contribution in [0.2, 0.25) is 0 Å². The summed E-state index contributed by atoms with van der Waals surface area (Å²) in [6, 6.07) is 5.95. The van der Waals surface area contributed by atoms with E-state index in [0.29, 0.717) is 24.8 Å². The number of aliphatic hydroxyl groups is 2. The van der Waals surface area contributed by atoms with Crippen molar-refractivity contribution in [1.29, 1.82) is 0 Å². The van der Waals surface area contributed by atoms with Crippen molar-refractivity contribution in [3.05, 3.63) is 53.6 Å². The summed E-state index contributed by atoms with van der Waals surface area (Å²) in [4.78, 5) is 49.9. The summed E-state index contributed by atoms with van der Waals surface area (Å²) in [5.41, 5.74) is -5.82. The standard InChI is InChI=1S/C31H35FO8/c1-17-13-23-22-10-9-19-14-20(34)11-12-28(19,3)30(22,32)25(35)15-29(23,4)31(17,38)26(36)16-39-27(37)21-7-5-6-8-24(21)40-18(2)33/h5-8,11-12,14,17,22-23,25,35,38H,9-10,13,15-16H2,1-4H3/t17-,22+,23+,25+,28+,29+,30+,31+/m1/s1. The summed E-state index contributed by atoms with van der Waals surface area (Å²) in [7, 11) is 0. The fraction of sp³-hybridized carbons (Fsp3) is 0.548. The molecule has 2 N–H and O–H groups in total. The molecular weight excluding hydrogens is 519 g/mol. The van der Waals surface area contributed by atoms with Crippen molar-refractivity contribution in [3.63, 3.8) is 0 Å². The molecule has 0 radical (unpaired) electrons. The molecule has 0 amide bonds. The topological polar surface area (TPSA) is 127 Å². The number of fused-ring (bicyclic) bond motifs is 5. The van der Waals surface area contributed by atoms with E-state index < -0.39 is 70.3 Å². The lowest BCUT2D eigenvalue weighted by Crippen LogP contribution is -2.69. The molecule has 0 spiro atoms. The number of carbonyl (C=O) groups excluding carboxylic acids is 4. The normalized spacial score (nSPS) is 39.9. The minimum atomic E-state index is -2.08. The number of Topliss-reactive ketones (excluding diaryl/α,β-unsaturated/α-hetero) is 1. The van der Waals surface area contributed by atoms with Gasteiger partial charge >= 0.3 is 11.9 Å². The number of hydrogen-bond acceptors (Lipinski definition) is 8. The number of rotatable bonds is 5. The molecule has 0 heterocycles. The van der Waals surface area contributed by atoms with E-state index in [-0.39, 0.29) is 23.5 Å². The summed E-state index contributed by atoms with van der Waals surface area (Å²) in [6.45, 7) is 5.60. The van der Waals surface area contributed by atoms with Gasteiger partial charge in [0, 0.05) is 23.7 Å². The lowest BCUT2D eigenvalue weighted by molar-refractivity contribution is -0.219. The van der Waals surface area contributed by atoms with Gasteiger partial charge in [0.05, 0.1) is 6.10 Å². The van der Waals surface area contributed by atoms with Crippen LogP contribution < -0.4 is 4.74 Å². The van der Waals surface area contributed by atoms with E-state index >= 15 is 4.39 Å². The lowest BCUT2D eigenvalue weighted by atomic mass is 9.44. The summed E-state index contributed by atoms with van der Waals surface area (Å²) in [5, 5.41) is 23.5. The zero-order valence-corrected chi connectivity index (χ0v) is 23.1. The molecule has 0 saturated heterocycles. The van der Waals surface area contributed by atoms with Gasteiger partial charge in [-0.3, -0.25) is 14.4 Å². The maximum absolute atomic E-state index is 17.3. The Morgan fingerprint density at radius 2 is 1.85 bits per heavy atom. The van der Waals surface area contributed by atoms with Crippen LogP contribution in [-0.4, -0.2) is 57.7 Å². The molecule has 3 saturated carbocycles. The Morgan fingerprint density at radius 1 is 1.15 bits per heavy atom. The molecule has 3 fully saturated rings.